The Morgan fingerprint density at radius 2 is 1.95 bits per heavy atom. The summed E-state index contributed by atoms with van der Waals surface area (Å²) in [5, 5.41) is 6.37. The second-order valence-electron chi connectivity index (χ2n) is 5.51. The Morgan fingerprint density at radius 1 is 1.23 bits per heavy atom. The van der Waals surface area contributed by atoms with Crippen LogP contribution in [0.25, 0.3) is 0 Å². The molecule has 5 nitrogen and oxygen atoms in total. The van der Waals surface area contributed by atoms with Gasteiger partial charge in [-0.3, -0.25) is 4.79 Å². The maximum atomic E-state index is 11.7. The quantitative estimate of drug-likeness (QED) is 0.460. The minimum Gasteiger partial charge on any atom is -0.356 e. The third-order valence-electron chi connectivity index (χ3n) is 3.40. The molecule has 0 heterocycles. The zero-order valence-corrected chi connectivity index (χ0v) is 14.1. The van der Waals surface area contributed by atoms with Gasteiger partial charge in [0.2, 0.25) is 5.91 Å². The number of hydrogen-bond donors (Lipinski definition) is 2. The summed E-state index contributed by atoms with van der Waals surface area (Å²) in [5.41, 5.74) is 2.42. The van der Waals surface area contributed by atoms with Crippen molar-refractivity contribution in [2.45, 2.75) is 33.2 Å². The van der Waals surface area contributed by atoms with Crippen molar-refractivity contribution in [2.75, 3.05) is 27.2 Å². The molecule has 0 saturated carbocycles. The van der Waals surface area contributed by atoms with E-state index >= 15 is 0 Å². The molecule has 0 bridgehead atoms. The molecule has 2 N–H and O–H groups in total. The van der Waals surface area contributed by atoms with Gasteiger partial charge in [-0.1, -0.05) is 37.6 Å². The average Bonchev–Trinajstić information content (AvgIpc) is 2.50. The average molecular weight is 304 g/mol. The molecule has 1 aromatic carbocycles. The molecule has 5 heteroatoms. The van der Waals surface area contributed by atoms with E-state index in [0.29, 0.717) is 12.5 Å². The van der Waals surface area contributed by atoms with Gasteiger partial charge in [0, 0.05) is 20.6 Å². The van der Waals surface area contributed by atoms with Gasteiger partial charge in [-0.2, -0.15) is 0 Å². The van der Waals surface area contributed by atoms with Gasteiger partial charge >= 0.3 is 0 Å². The summed E-state index contributed by atoms with van der Waals surface area (Å²) in [7, 11) is 3.50. The second kappa shape index (κ2) is 9.82. The maximum absolute atomic E-state index is 11.7. The Bertz CT molecular complexity index is 497. The molecule has 1 aromatic rings. The number of nitrogens with zero attached hydrogens (tertiary/aromatic N) is 2. The van der Waals surface area contributed by atoms with Crippen LogP contribution >= 0.6 is 0 Å². The highest BCUT2D eigenvalue weighted by Gasteiger charge is 2.05. The highest BCUT2D eigenvalue weighted by atomic mass is 16.2. The summed E-state index contributed by atoms with van der Waals surface area (Å²) in [6.45, 7) is 5.93. The van der Waals surface area contributed by atoms with E-state index in [1.807, 2.05) is 12.1 Å². The number of rotatable bonds is 7. The van der Waals surface area contributed by atoms with Crippen LogP contribution in [0.4, 0.5) is 0 Å². The van der Waals surface area contributed by atoms with Crippen molar-refractivity contribution in [2.24, 2.45) is 4.99 Å². The van der Waals surface area contributed by atoms with Gasteiger partial charge in [-0.15, -0.1) is 0 Å². The Labute approximate surface area is 133 Å². The lowest BCUT2D eigenvalue weighted by Crippen LogP contribution is -2.43. The predicted molar refractivity (Wildman–Crippen MR) is 91.9 cm³/mol. The monoisotopic (exact) mass is 304 g/mol. The van der Waals surface area contributed by atoms with E-state index in [4.69, 9.17) is 0 Å². The predicted octanol–water partition coefficient (Wildman–Crippen LogP) is 1.92. The van der Waals surface area contributed by atoms with Crippen LogP contribution in [0.15, 0.2) is 29.3 Å². The molecule has 0 atom stereocenters. The van der Waals surface area contributed by atoms with Crippen molar-refractivity contribution in [3.8, 4) is 0 Å². The molecular formula is C17H28N4O. The lowest BCUT2D eigenvalue weighted by Gasteiger charge is -2.15. The molecule has 0 spiro atoms. The normalized spacial score (nSPS) is 11.2. The molecule has 1 amide bonds. The Morgan fingerprint density at radius 3 is 2.59 bits per heavy atom. The number of likely N-dealkylation sites (N-methyl/N-ethyl adjacent to an activating group) is 1. The van der Waals surface area contributed by atoms with Crippen molar-refractivity contribution in [3.05, 3.63) is 35.4 Å². The van der Waals surface area contributed by atoms with E-state index in [0.717, 1.165) is 19.4 Å². The Kier molecular flexibility index (Phi) is 8.04. The van der Waals surface area contributed by atoms with Crippen molar-refractivity contribution in [1.82, 2.24) is 15.5 Å². The number of amides is 1. The Hall–Kier alpha value is -2.04. The molecule has 122 valence electrons. The van der Waals surface area contributed by atoms with Crippen LogP contribution < -0.4 is 10.6 Å². The molecule has 1 rings (SSSR count). The van der Waals surface area contributed by atoms with Gasteiger partial charge in [0.25, 0.3) is 0 Å². The van der Waals surface area contributed by atoms with Crippen LogP contribution in [-0.2, 0) is 11.3 Å². The smallest absolute Gasteiger partial charge is 0.241 e. The third-order valence-corrected chi connectivity index (χ3v) is 3.40. The zero-order chi connectivity index (χ0) is 16.4. The number of guanidine groups is 1. The summed E-state index contributed by atoms with van der Waals surface area (Å²) in [6, 6.07) is 8.20. The zero-order valence-electron chi connectivity index (χ0n) is 14.1. The minimum absolute atomic E-state index is 0.0286. The second-order valence-corrected chi connectivity index (χ2v) is 5.51. The first-order valence-electron chi connectivity index (χ1n) is 7.81. The first kappa shape index (κ1) is 18.0. The summed E-state index contributed by atoms with van der Waals surface area (Å²) in [4.78, 5) is 17.8. The maximum Gasteiger partial charge on any atom is 0.241 e. The van der Waals surface area contributed by atoms with Gasteiger partial charge < -0.3 is 15.5 Å². The van der Waals surface area contributed by atoms with Gasteiger partial charge in [0.05, 0.1) is 13.1 Å². The van der Waals surface area contributed by atoms with E-state index in [2.05, 4.69) is 41.6 Å². The third kappa shape index (κ3) is 6.61. The van der Waals surface area contributed by atoms with Crippen molar-refractivity contribution in [3.63, 3.8) is 0 Å². The van der Waals surface area contributed by atoms with E-state index in [1.54, 1.807) is 19.0 Å². The van der Waals surface area contributed by atoms with Crippen LogP contribution in [0.5, 0.6) is 0 Å². The fourth-order valence-electron chi connectivity index (χ4n) is 1.83. The number of carbonyl (C=O) groups excluding carboxylic acids is 1. The standard InChI is InChI=1S/C17H28N4O/c1-5-6-11-18-17(20-13-16(22)21(3)4)19-12-15-10-8-7-9-14(15)2/h7-10H,5-6,11-13H2,1-4H3,(H2,18,19,20). The largest absolute Gasteiger partial charge is 0.356 e. The number of unbranched alkanes of at least 4 members (excludes halogenated alkanes) is 1. The molecule has 22 heavy (non-hydrogen) atoms. The van der Waals surface area contributed by atoms with E-state index in [-0.39, 0.29) is 12.5 Å². The summed E-state index contributed by atoms with van der Waals surface area (Å²) in [5.74, 6) is 0.716. The fraction of sp³-hybridized carbons (Fsp3) is 0.529. The molecule has 0 saturated heterocycles. The van der Waals surface area contributed by atoms with Gasteiger partial charge in [-0.25, -0.2) is 4.99 Å². The number of aliphatic imine (C=N–C) groups is 1. The van der Waals surface area contributed by atoms with Crippen molar-refractivity contribution >= 4 is 11.9 Å². The number of nitrogens with one attached hydrogen (secondary N) is 2. The first-order valence-corrected chi connectivity index (χ1v) is 7.81. The van der Waals surface area contributed by atoms with Crippen LogP contribution in [0.3, 0.4) is 0 Å². The Balaban J connectivity index is 2.65. The van der Waals surface area contributed by atoms with Gasteiger partial charge in [-0.05, 0) is 24.5 Å². The van der Waals surface area contributed by atoms with Crippen LogP contribution in [-0.4, -0.2) is 44.0 Å². The molecule has 0 aromatic heterocycles. The lowest BCUT2D eigenvalue weighted by atomic mass is 10.1. The number of benzene rings is 1. The summed E-state index contributed by atoms with van der Waals surface area (Å²) >= 11 is 0. The van der Waals surface area contributed by atoms with Gasteiger partial charge in [0.15, 0.2) is 5.96 Å². The lowest BCUT2D eigenvalue weighted by molar-refractivity contribution is -0.127. The molecule has 0 radical (unpaired) electrons. The molecule has 0 aliphatic heterocycles. The number of carbonyl (C=O) groups is 1. The van der Waals surface area contributed by atoms with Crippen LogP contribution in [0.2, 0.25) is 0 Å². The number of hydrogen-bond acceptors (Lipinski definition) is 2. The van der Waals surface area contributed by atoms with E-state index < -0.39 is 0 Å². The first-order chi connectivity index (χ1) is 10.5. The van der Waals surface area contributed by atoms with Crippen LogP contribution in [0, 0.1) is 6.92 Å². The number of aryl methyl sites for hydroxylation is 1. The van der Waals surface area contributed by atoms with Crippen molar-refractivity contribution < 1.29 is 4.79 Å². The minimum atomic E-state index is 0.0286. The topological polar surface area (TPSA) is 56.7 Å². The summed E-state index contributed by atoms with van der Waals surface area (Å²) < 4.78 is 0. The molecule has 0 fully saturated rings. The van der Waals surface area contributed by atoms with Crippen LogP contribution in [0.1, 0.15) is 30.9 Å². The van der Waals surface area contributed by atoms with Gasteiger partial charge in [0.1, 0.15) is 0 Å². The highest BCUT2D eigenvalue weighted by molar-refractivity contribution is 5.86. The molecule has 0 aliphatic rings. The molecular weight excluding hydrogens is 276 g/mol. The van der Waals surface area contributed by atoms with Crippen molar-refractivity contribution in [1.29, 1.82) is 0 Å². The highest BCUT2D eigenvalue weighted by Crippen LogP contribution is 2.07. The SMILES string of the molecule is CCCCNC(=NCc1ccccc1C)NCC(=O)N(C)C. The molecule has 0 unspecified atom stereocenters. The fourth-order valence-corrected chi connectivity index (χ4v) is 1.83. The summed E-state index contributed by atoms with van der Waals surface area (Å²) in [6.07, 6.45) is 2.20. The van der Waals surface area contributed by atoms with E-state index in [9.17, 15) is 4.79 Å². The van der Waals surface area contributed by atoms with E-state index in [1.165, 1.54) is 11.1 Å². The molecule has 0 aliphatic carbocycles.